The minimum atomic E-state index is 0.357. The van der Waals surface area contributed by atoms with Crippen molar-refractivity contribution in [3.63, 3.8) is 0 Å². The highest BCUT2D eigenvalue weighted by Gasteiger charge is 2.13. The van der Waals surface area contributed by atoms with Gasteiger partial charge in [0.25, 0.3) is 0 Å². The monoisotopic (exact) mass is 180 g/mol. The summed E-state index contributed by atoms with van der Waals surface area (Å²) in [5, 5.41) is 2.25. The molecule has 2 N–H and O–H groups in total. The van der Waals surface area contributed by atoms with E-state index < -0.39 is 0 Å². The van der Waals surface area contributed by atoms with Crippen LogP contribution in [0.2, 0.25) is 0 Å². The predicted molar refractivity (Wildman–Crippen MR) is 48.7 cm³/mol. The molecule has 0 saturated heterocycles. The molecule has 0 aromatic heterocycles. The first-order chi connectivity index (χ1) is 6.40. The quantitative estimate of drug-likeness (QED) is 0.735. The largest absolute Gasteiger partial charge is 0.454 e. The van der Waals surface area contributed by atoms with Gasteiger partial charge in [-0.3, -0.25) is 0 Å². The van der Waals surface area contributed by atoms with Crippen molar-refractivity contribution in [1.82, 2.24) is 0 Å². The van der Waals surface area contributed by atoms with Gasteiger partial charge in [-0.1, -0.05) is 0 Å². The number of quaternary nitrogens is 1. The molecule has 2 rings (SSSR count). The molecule has 0 unspecified atom stereocenters. The number of hydrogen-bond donors (Lipinski definition) is 1. The van der Waals surface area contributed by atoms with Gasteiger partial charge in [-0.2, -0.15) is 0 Å². The minimum absolute atomic E-state index is 0.357. The Labute approximate surface area is 77.7 Å². The lowest BCUT2D eigenvalue weighted by Crippen LogP contribution is -2.81. The maximum absolute atomic E-state index is 5.28. The number of fused-ring (bicyclic) bond motifs is 1. The zero-order valence-electron chi connectivity index (χ0n) is 7.75. The summed E-state index contributed by atoms with van der Waals surface area (Å²) in [6.07, 6.45) is 0. The molecule has 0 bridgehead atoms. The molecule has 0 spiro atoms. The number of hydrogen-bond acceptors (Lipinski definition) is 2. The van der Waals surface area contributed by atoms with Gasteiger partial charge < -0.3 is 14.8 Å². The van der Waals surface area contributed by atoms with Crippen molar-refractivity contribution in [3.05, 3.63) is 23.8 Å². The van der Waals surface area contributed by atoms with Crippen molar-refractivity contribution in [1.29, 1.82) is 0 Å². The Balaban J connectivity index is 2.12. The van der Waals surface area contributed by atoms with E-state index in [2.05, 4.69) is 24.4 Å². The molecular weight excluding hydrogens is 166 g/mol. The van der Waals surface area contributed by atoms with Crippen LogP contribution in [0.4, 0.5) is 0 Å². The molecule has 0 amide bonds. The van der Waals surface area contributed by atoms with Gasteiger partial charge in [0.15, 0.2) is 11.5 Å². The van der Waals surface area contributed by atoms with Crippen LogP contribution >= 0.6 is 0 Å². The van der Waals surface area contributed by atoms with Crippen molar-refractivity contribution < 1.29 is 14.8 Å². The molecule has 3 heteroatoms. The summed E-state index contributed by atoms with van der Waals surface area (Å²) in [7, 11) is 0. The second-order valence-electron chi connectivity index (χ2n) is 3.09. The summed E-state index contributed by atoms with van der Waals surface area (Å²) >= 11 is 0. The summed E-state index contributed by atoms with van der Waals surface area (Å²) in [5.74, 6) is 1.74. The van der Waals surface area contributed by atoms with Gasteiger partial charge >= 0.3 is 0 Å². The fraction of sp³-hybridized carbons (Fsp3) is 0.400. The highest BCUT2D eigenvalue weighted by molar-refractivity contribution is 5.44. The highest BCUT2D eigenvalue weighted by Crippen LogP contribution is 2.32. The Kier molecular flexibility index (Phi) is 2.36. The van der Waals surface area contributed by atoms with E-state index in [-0.39, 0.29) is 0 Å². The van der Waals surface area contributed by atoms with E-state index in [1.807, 2.05) is 6.07 Å². The lowest BCUT2D eigenvalue weighted by Gasteiger charge is -2.00. The zero-order valence-corrected chi connectivity index (χ0v) is 7.75. The first-order valence-corrected chi connectivity index (χ1v) is 4.60. The van der Waals surface area contributed by atoms with E-state index in [9.17, 15) is 0 Å². The summed E-state index contributed by atoms with van der Waals surface area (Å²) < 4.78 is 10.5. The Morgan fingerprint density at radius 2 is 2.15 bits per heavy atom. The van der Waals surface area contributed by atoms with Crippen LogP contribution in [0, 0.1) is 0 Å². The lowest BCUT2D eigenvalue weighted by molar-refractivity contribution is -0.667. The topological polar surface area (TPSA) is 35.1 Å². The number of ether oxygens (including phenoxy) is 2. The number of benzene rings is 1. The third-order valence-electron chi connectivity index (χ3n) is 2.11. The molecule has 0 fully saturated rings. The van der Waals surface area contributed by atoms with E-state index in [0.717, 1.165) is 24.6 Å². The van der Waals surface area contributed by atoms with Gasteiger partial charge in [0, 0.05) is 5.56 Å². The zero-order chi connectivity index (χ0) is 9.10. The van der Waals surface area contributed by atoms with Crippen LogP contribution in [0.3, 0.4) is 0 Å². The Morgan fingerprint density at radius 3 is 3.00 bits per heavy atom. The summed E-state index contributed by atoms with van der Waals surface area (Å²) in [6.45, 7) is 4.62. The van der Waals surface area contributed by atoms with Gasteiger partial charge in [-0.05, 0) is 25.1 Å². The van der Waals surface area contributed by atoms with E-state index in [4.69, 9.17) is 9.47 Å². The van der Waals surface area contributed by atoms with Crippen LogP contribution in [0.25, 0.3) is 0 Å². The first-order valence-electron chi connectivity index (χ1n) is 4.60. The van der Waals surface area contributed by atoms with Crippen molar-refractivity contribution in [2.45, 2.75) is 13.5 Å². The fourth-order valence-electron chi connectivity index (χ4n) is 1.38. The number of rotatable bonds is 3. The van der Waals surface area contributed by atoms with E-state index >= 15 is 0 Å². The molecule has 0 atom stereocenters. The standard InChI is InChI=1S/C10H13NO2/c1-2-11-6-8-3-4-9-10(5-8)13-7-12-9/h3-5,11H,2,6-7H2,1H3/p+1. The molecule has 1 heterocycles. The molecule has 0 aliphatic carbocycles. The van der Waals surface area contributed by atoms with Gasteiger partial charge in [0.1, 0.15) is 6.54 Å². The molecule has 1 aliphatic rings. The molecule has 1 aromatic carbocycles. The maximum atomic E-state index is 5.28. The molecule has 1 aromatic rings. The average molecular weight is 180 g/mol. The summed E-state index contributed by atoms with van der Waals surface area (Å²) in [4.78, 5) is 0. The summed E-state index contributed by atoms with van der Waals surface area (Å²) in [6, 6.07) is 6.11. The molecule has 0 saturated carbocycles. The smallest absolute Gasteiger partial charge is 0.231 e. The fourth-order valence-corrected chi connectivity index (χ4v) is 1.38. The van der Waals surface area contributed by atoms with Crippen molar-refractivity contribution >= 4 is 0 Å². The van der Waals surface area contributed by atoms with Gasteiger partial charge in [-0.25, -0.2) is 0 Å². The van der Waals surface area contributed by atoms with Crippen LogP contribution in [0.5, 0.6) is 11.5 Å². The average Bonchev–Trinajstić information content (AvgIpc) is 2.61. The predicted octanol–water partition coefficient (Wildman–Crippen LogP) is 0.499. The van der Waals surface area contributed by atoms with E-state index in [1.165, 1.54) is 5.56 Å². The second-order valence-corrected chi connectivity index (χ2v) is 3.09. The normalized spacial score (nSPS) is 13.3. The molecular formula is C10H14NO2+. The number of nitrogens with two attached hydrogens (primary N) is 1. The van der Waals surface area contributed by atoms with Crippen LogP contribution in [0.1, 0.15) is 12.5 Å². The summed E-state index contributed by atoms with van der Waals surface area (Å²) in [5.41, 5.74) is 1.28. The van der Waals surface area contributed by atoms with Crippen LogP contribution in [-0.4, -0.2) is 13.3 Å². The molecule has 0 radical (unpaired) electrons. The van der Waals surface area contributed by atoms with Crippen LogP contribution < -0.4 is 14.8 Å². The molecule has 13 heavy (non-hydrogen) atoms. The Hall–Kier alpha value is -1.22. The van der Waals surface area contributed by atoms with E-state index in [1.54, 1.807) is 0 Å². The Morgan fingerprint density at radius 1 is 1.31 bits per heavy atom. The SMILES string of the molecule is CC[NH2+]Cc1ccc2c(c1)OCO2. The maximum Gasteiger partial charge on any atom is 0.231 e. The van der Waals surface area contributed by atoms with Gasteiger partial charge in [-0.15, -0.1) is 0 Å². The molecule has 70 valence electrons. The van der Waals surface area contributed by atoms with Crippen LogP contribution in [0.15, 0.2) is 18.2 Å². The van der Waals surface area contributed by atoms with Crippen molar-refractivity contribution in [3.8, 4) is 11.5 Å². The third-order valence-corrected chi connectivity index (χ3v) is 2.11. The van der Waals surface area contributed by atoms with Gasteiger partial charge in [0.2, 0.25) is 6.79 Å². The Bertz CT molecular complexity index is 299. The van der Waals surface area contributed by atoms with Crippen LogP contribution in [-0.2, 0) is 6.54 Å². The van der Waals surface area contributed by atoms with E-state index in [0.29, 0.717) is 6.79 Å². The van der Waals surface area contributed by atoms with Gasteiger partial charge in [0.05, 0.1) is 6.54 Å². The highest BCUT2D eigenvalue weighted by atomic mass is 16.7. The third kappa shape index (κ3) is 1.75. The first kappa shape index (κ1) is 8.38. The minimum Gasteiger partial charge on any atom is -0.454 e. The van der Waals surface area contributed by atoms with Crippen molar-refractivity contribution in [2.75, 3.05) is 13.3 Å². The lowest BCUT2D eigenvalue weighted by atomic mass is 10.2. The van der Waals surface area contributed by atoms with Crippen molar-refractivity contribution in [2.24, 2.45) is 0 Å². The molecule has 1 aliphatic heterocycles. The molecule has 3 nitrogen and oxygen atoms in total. The second kappa shape index (κ2) is 3.66.